The van der Waals surface area contributed by atoms with Gasteiger partial charge in [0.2, 0.25) is 0 Å². The summed E-state index contributed by atoms with van der Waals surface area (Å²) in [5.74, 6) is 0. The Hall–Kier alpha value is -0.160. The Morgan fingerprint density at radius 1 is 0.500 bits per heavy atom. The van der Waals surface area contributed by atoms with E-state index in [2.05, 4.69) is 10.6 Å². The van der Waals surface area contributed by atoms with E-state index < -0.39 is 0 Å². The molecular weight excluding hydrogens is 200 g/mol. The summed E-state index contributed by atoms with van der Waals surface area (Å²) in [7, 11) is 0. The van der Waals surface area contributed by atoms with Crippen LogP contribution < -0.4 is 22.1 Å². The number of hydrogen-bond acceptors (Lipinski definition) is 4. The van der Waals surface area contributed by atoms with E-state index in [9.17, 15) is 0 Å². The molecule has 0 radical (unpaired) electrons. The molecule has 0 atom stereocenters. The fourth-order valence-electron chi connectivity index (χ4n) is 1.54. The molecule has 0 fully saturated rings. The first-order valence-corrected chi connectivity index (χ1v) is 6.73. The van der Waals surface area contributed by atoms with Crippen LogP contribution >= 0.6 is 0 Å². The number of hydrogen-bond donors (Lipinski definition) is 4. The molecule has 98 valence electrons. The molecule has 0 heterocycles. The number of unbranched alkanes of at least 4 members (excludes halogenated alkanes) is 3. The maximum atomic E-state index is 5.42. The van der Waals surface area contributed by atoms with Crippen LogP contribution in [0.3, 0.4) is 0 Å². The average molecular weight is 230 g/mol. The lowest BCUT2D eigenvalue weighted by molar-refractivity contribution is 0.558. The number of nitrogens with one attached hydrogen (secondary N) is 2. The smallest absolute Gasteiger partial charge is 0.00484 e. The van der Waals surface area contributed by atoms with Crippen molar-refractivity contribution in [2.24, 2.45) is 11.5 Å². The van der Waals surface area contributed by atoms with Crippen molar-refractivity contribution in [1.82, 2.24) is 10.6 Å². The van der Waals surface area contributed by atoms with Crippen LogP contribution in [-0.2, 0) is 0 Å². The normalized spacial score (nSPS) is 10.9. The second-order valence-electron chi connectivity index (χ2n) is 4.20. The molecule has 4 heteroatoms. The molecule has 0 aliphatic carbocycles. The van der Waals surface area contributed by atoms with Crippen LogP contribution in [0.5, 0.6) is 0 Å². The van der Waals surface area contributed by atoms with Crippen molar-refractivity contribution < 1.29 is 0 Å². The van der Waals surface area contributed by atoms with Gasteiger partial charge in [-0.1, -0.05) is 0 Å². The standard InChI is InChI=1S/C12H30N4/c13-7-1-3-9-15-11-5-6-12-16-10-4-2-8-14/h15-16H,1-14H2. The van der Waals surface area contributed by atoms with Crippen LogP contribution in [-0.4, -0.2) is 39.3 Å². The quantitative estimate of drug-likeness (QED) is 0.346. The molecular formula is C12H30N4. The van der Waals surface area contributed by atoms with Gasteiger partial charge < -0.3 is 22.1 Å². The summed E-state index contributed by atoms with van der Waals surface area (Å²) in [6.45, 7) is 6.12. The molecule has 0 saturated carbocycles. The maximum absolute atomic E-state index is 5.42. The van der Waals surface area contributed by atoms with Gasteiger partial charge in [-0.25, -0.2) is 0 Å². The first-order chi connectivity index (χ1) is 7.91. The van der Waals surface area contributed by atoms with Crippen molar-refractivity contribution in [2.75, 3.05) is 39.3 Å². The molecule has 0 amide bonds. The number of rotatable bonds is 13. The summed E-state index contributed by atoms with van der Waals surface area (Å²) in [6.07, 6.45) is 7.19. The lowest BCUT2D eigenvalue weighted by Gasteiger charge is -2.05. The van der Waals surface area contributed by atoms with Gasteiger partial charge in [0.25, 0.3) is 0 Å². The van der Waals surface area contributed by atoms with Gasteiger partial charge in [-0.15, -0.1) is 0 Å². The van der Waals surface area contributed by atoms with Gasteiger partial charge in [0, 0.05) is 0 Å². The van der Waals surface area contributed by atoms with Crippen molar-refractivity contribution >= 4 is 0 Å². The molecule has 0 rings (SSSR count). The minimum Gasteiger partial charge on any atom is -0.330 e. The highest BCUT2D eigenvalue weighted by Gasteiger charge is 1.90. The van der Waals surface area contributed by atoms with Crippen molar-refractivity contribution in [1.29, 1.82) is 0 Å². The van der Waals surface area contributed by atoms with Crippen molar-refractivity contribution in [3.05, 3.63) is 0 Å². The summed E-state index contributed by atoms with van der Waals surface area (Å²) in [6, 6.07) is 0. The molecule has 0 aromatic rings. The van der Waals surface area contributed by atoms with Gasteiger partial charge in [0.1, 0.15) is 0 Å². The van der Waals surface area contributed by atoms with Crippen molar-refractivity contribution in [2.45, 2.75) is 38.5 Å². The van der Waals surface area contributed by atoms with Crippen LogP contribution in [0.25, 0.3) is 0 Å². The first-order valence-electron chi connectivity index (χ1n) is 6.73. The molecule has 0 aromatic heterocycles. The summed E-state index contributed by atoms with van der Waals surface area (Å²) >= 11 is 0. The molecule has 0 bridgehead atoms. The molecule has 0 saturated heterocycles. The Bertz CT molecular complexity index is 106. The van der Waals surface area contributed by atoms with Crippen molar-refractivity contribution in [3.63, 3.8) is 0 Å². The fourth-order valence-corrected chi connectivity index (χ4v) is 1.54. The molecule has 0 spiro atoms. The molecule has 16 heavy (non-hydrogen) atoms. The highest BCUT2D eigenvalue weighted by atomic mass is 14.9. The largest absolute Gasteiger partial charge is 0.330 e. The summed E-state index contributed by atoms with van der Waals surface area (Å²) in [5.41, 5.74) is 10.8. The first kappa shape index (κ1) is 15.8. The van der Waals surface area contributed by atoms with E-state index in [-0.39, 0.29) is 0 Å². The van der Waals surface area contributed by atoms with E-state index in [4.69, 9.17) is 11.5 Å². The summed E-state index contributed by atoms with van der Waals surface area (Å²) < 4.78 is 0. The minimum absolute atomic E-state index is 0.814. The van der Waals surface area contributed by atoms with E-state index >= 15 is 0 Å². The highest BCUT2D eigenvalue weighted by molar-refractivity contribution is 4.53. The minimum atomic E-state index is 0.814. The van der Waals surface area contributed by atoms with E-state index in [0.717, 1.165) is 52.1 Å². The zero-order valence-electron chi connectivity index (χ0n) is 10.6. The van der Waals surface area contributed by atoms with E-state index in [1.54, 1.807) is 0 Å². The predicted molar refractivity (Wildman–Crippen MR) is 71.6 cm³/mol. The third kappa shape index (κ3) is 13.8. The summed E-state index contributed by atoms with van der Waals surface area (Å²) in [5, 5.41) is 6.86. The van der Waals surface area contributed by atoms with E-state index in [0.29, 0.717) is 0 Å². The van der Waals surface area contributed by atoms with Gasteiger partial charge in [-0.2, -0.15) is 0 Å². The van der Waals surface area contributed by atoms with Crippen LogP contribution in [0.1, 0.15) is 38.5 Å². The van der Waals surface area contributed by atoms with Crippen LogP contribution in [0.2, 0.25) is 0 Å². The Balaban J connectivity index is 2.83. The van der Waals surface area contributed by atoms with Gasteiger partial charge in [0.15, 0.2) is 0 Å². The van der Waals surface area contributed by atoms with Crippen molar-refractivity contribution in [3.8, 4) is 0 Å². The Morgan fingerprint density at radius 3 is 1.12 bits per heavy atom. The number of nitrogens with two attached hydrogens (primary N) is 2. The monoisotopic (exact) mass is 230 g/mol. The predicted octanol–water partition coefficient (Wildman–Crippen LogP) is 0.424. The third-order valence-electron chi connectivity index (χ3n) is 2.57. The Morgan fingerprint density at radius 2 is 0.812 bits per heavy atom. The van der Waals surface area contributed by atoms with E-state index in [1.165, 1.54) is 25.7 Å². The highest BCUT2D eigenvalue weighted by Crippen LogP contribution is 1.88. The van der Waals surface area contributed by atoms with Gasteiger partial charge >= 0.3 is 0 Å². The van der Waals surface area contributed by atoms with Crippen LogP contribution in [0.15, 0.2) is 0 Å². The molecule has 0 unspecified atom stereocenters. The fraction of sp³-hybridized carbons (Fsp3) is 1.00. The molecule has 0 aromatic carbocycles. The second kappa shape index (κ2) is 14.8. The topological polar surface area (TPSA) is 76.1 Å². The average Bonchev–Trinajstić information content (AvgIpc) is 2.31. The zero-order chi connectivity index (χ0) is 11.9. The lowest BCUT2D eigenvalue weighted by atomic mass is 10.2. The Labute approximate surface area is 101 Å². The Kier molecular flexibility index (Phi) is 14.7. The van der Waals surface area contributed by atoms with Gasteiger partial charge in [-0.3, -0.25) is 0 Å². The lowest BCUT2D eigenvalue weighted by Crippen LogP contribution is -2.21. The SMILES string of the molecule is NCCCCNCCCCNCCCCN. The summed E-state index contributed by atoms with van der Waals surface area (Å²) in [4.78, 5) is 0. The van der Waals surface area contributed by atoms with E-state index in [1.807, 2.05) is 0 Å². The van der Waals surface area contributed by atoms with Gasteiger partial charge in [0.05, 0.1) is 0 Å². The molecule has 0 aliphatic rings. The van der Waals surface area contributed by atoms with Gasteiger partial charge in [-0.05, 0) is 77.8 Å². The van der Waals surface area contributed by atoms with Crippen LogP contribution in [0, 0.1) is 0 Å². The molecule has 0 aliphatic heterocycles. The maximum Gasteiger partial charge on any atom is -0.00484 e. The second-order valence-corrected chi connectivity index (χ2v) is 4.20. The van der Waals surface area contributed by atoms with Crippen LogP contribution in [0.4, 0.5) is 0 Å². The third-order valence-corrected chi connectivity index (χ3v) is 2.57. The molecule has 4 nitrogen and oxygen atoms in total. The molecule has 6 N–H and O–H groups in total. The zero-order valence-corrected chi connectivity index (χ0v) is 10.6.